The standard InChI is InChI=1S/C19H32N4O.2ClH/c1-2-21-9-11-22(12-10-21)13-14-24-19-6-4-3-5-17(19)15-23-8-7-18(20)16-23;;/h3-6,18H,2,7-16,20H2,1H3;2*1H. The molecule has 2 heterocycles. The molecular weight excluding hydrogens is 371 g/mol. The maximum absolute atomic E-state index is 6.12. The SMILES string of the molecule is CCN1CCN(CCOc2ccccc2CN2CCC(N)C2)CC1.Cl.Cl. The zero-order valence-corrected chi connectivity index (χ0v) is 17.4. The molecule has 1 atom stereocenters. The van der Waals surface area contributed by atoms with E-state index >= 15 is 0 Å². The second-order valence-corrected chi connectivity index (χ2v) is 7.02. The summed E-state index contributed by atoms with van der Waals surface area (Å²) in [6, 6.07) is 8.77. The predicted molar refractivity (Wildman–Crippen MR) is 113 cm³/mol. The summed E-state index contributed by atoms with van der Waals surface area (Å²) >= 11 is 0. The first-order chi connectivity index (χ1) is 11.7. The van der Waals surface area contributed by atoms with E-state index in [-0.39, 0.29) is 24.8 Å². The van der Waals surface area contributed by atoms with Crippen molar-refractivity contribution < 1.29 is 4.74 Å². The number of halogens is 2. The quantitative estimate of drug-likeness (QED) is 0.753. The Labute approximate surface area is 170 Å². The Morgan fingerprint density at radius 2 is 1.69 bits per heavy atom. The van der Waals surface area contributed by atoms with Gasteiger partial charge in [0.25, 0.3) is 0 Å². The number of nitrogens with two attached hydrogens (primary N) is 1. The van der Waals surface area contributed by atoms with Crippen molar-refractivity contribution in [3.8, 4) is 5.75 Å². The van der Waals surface area contributed by atoms with Crippen LogP contribution in [0.15, 0.2) is 24.3 Å². The number of benzene rings is 1. The number of likely N-dealkylation sites (tertiary alicyclic amines) is 1. The van der Waals surface area contributed by atoms with Gasteiger partial charge in [0.1, 0.15) is 12.4 Å². The molecule has 0 aromatic heterocycles. The Balaban J connectivity index is 0.00000169. The molecule has 0 spiro atoms. The molecule has 2 aliphatic heterocycles. The van der Waals surface area contributed by atoms with Gasteiger partial charge in [-0.2, -0.15) is 0 Å². The lowest BCUT2D eigenvalue weighted by atomic mass is 10.2. The molecule has 1 unspecified atom stereocenters. The average molecular weight is 405 g/mol. The Morgan fingerprint density at radius 3 is 2.35 bits per heavy atom. The molecule has 1 aromatic carbocycles. The van der Waals surface area contributed by atoms with E-state index in [4.69, 9.17) is 10.5 Å². The van der Waals surface area contributed by atoms with Crippen molar-refractivity contribution in [3.63, 3.8) is 0 Å². The van der Waals surface area contributed by atoms with Gasteiger partial charge in [0.2, 0.25) is 0 Å². The summed E-state index contributed by atoms with van der Waals surface area (Å²) in [5.41, 5.74) is 7.30. The van der Waals surface area contributed by atoms with Crippen molar-refractivity contribution in [1.82, 2.24) is 14.7 Å². The summed E-state index contributed by atoms with van der Waals surface area (Å²) in [7, 11) is 0. The van der Waals surface area contributed by atoms with Crippen LogP contribution in [0.5, 0.6) is 5.75 Å². The largest absolute Gasteiger partial charge is 0.492 e. The number of ether oxygens (including phenoxy) is 1. The molecule has 0 saturated carbocycles. The topological polar surface area (TPSA) is 45.0 Å². The molecule has 3 rings (SSSR count). The number of hydrogen-bond donors (Lipinski definition) is 1. The predicted octanol–water partition coefficient (Wildman–Crippen LogP) is 2.08. The van der Waals surface area contributed by atoms with Crippen LogP contribution in [0.25, 0.3) is 0 Å². The zero-order valence-electron chi connectivity index (χ0n) is 15.8. The van der Waals surface area contributed by atoms with Gasteiger partial charge in [-0.3, -0.25) is 9.80 Å². The lowest BCUT2D eigenvalue weighted by Crippen LogP contribution is -2.47. The number of likely N-dealkylation sites (N-methyl/N-ethyl adjacent to an activating group) is 1. The van der Waals surface area contributed by atoms with Crippen LogP contribution in [0.4, 0.5) is 0 Å². The molecule has 2 saturated heterocycles. The number of nitrogens with zero attached hydrogens (tertiary/aromatic N) is 3. The Kier molecular flexibility index (Phi) is 10.8. The van der Waals surface area contributed by atoms with Gasteiger partial charge in [-0.05, 0) is 19.0 Å². The van der Waals surface area contributed by atoms with Crippen LogP contribution in [0.3, 0.4) is 0 Å². The van der Waals surface area contributed by atoms with Gasteiger partial charge in [-0.15, -0.1) is 24.8 Å². The molecule has 0 aliphatic carbocycles. The van der Waals surface area contributed by atoms with Crippen LogP contribution in [0.2, 0.25) is 0 Å². The van der Waals surface area contributed by atoms with Gasteiger partial charge in [0, 0.05) is 64.0 Å². The van der Waals surface area contributed by atoms with Crippen LogP contribution in [-0.2, 0) is 6.54 Å². The van der Waals surface area contributed by atoms with E-state index < -0.39 is 0 Å². The van der Waals surface area contributed by atoms with Crippen LogP contribution in [-0.4, -0.2) is 79.7 Å². The Morgan fingerprint density at radius 1 is 1.00 bits per heavy atom. The van der Waals surface area contributed by atoms with Gasteiger partial charge in [0.05, 0.1) is 0 Å². The molecule has 0 bridgehead atoms. The van der Waals surface area contributed by atoms with E-state index in [1.54, 1.807) is 0 Å². The number of piperazine rings is 1. The zero-order chi connectivity index (χ0) is 16.8. The first-order valence-electron chi connectivity index (χ1n) is 9.38. The van der Waals surface area contributed by atoms with Crippen LogP contribution < -0.4 is 10.5 Å². The van der Waals surface area contributed by atoms with Gasteiger partial charge in [-0.1, -0.05) is 25.1 Å². The highest BCUT2D eigenvalue weighted by molar-refractivity contribution is 5.85. The van der Waals surface area contributed by atoms with Gasteiger partial charge in [0.15, 0.2) is 0 Å². The Hall–Kier alpha value is -0.560. The molecule has 1 aromatic rings. The van der Waals surface area contributed by atoms with Crippen molar-refractivity contribution in [2.24, 2.45) is 5.73 Å². The normalized spacial score (nSPS) is 21.8. The van der Waals surface area contributed by atoms with E-state index in [0.29, 0.717) is 6.04 Å². The fourth-order valence-corrected chi connectivity index (χ4v) is 3.64. The first-order valence-corrected chi connectivity index (χ1v) is 9.38. The van der Waals surface area contributed by atoms with Gasteiger partial charge >= 0.3 is 0 Å². The highest BCUT2D eigenvalue weighted by Gasteiger charge is 2.20. The summed E-state index contributed by atoms with van der Waals surface area (Å²) in [6.07, 6.45) is 1.10. The summed E-state index contributed by atoms with van der Waals surface area (Å²) in [5, 5.41) is 0. The molecule has 2 fully saturated rings. The monoisotopic (exact) mass is 404 g/mol. The minimum Gasteiger partial charge on any atom is -0.492 e. The van der Waals surface area contributed by atoms with Crippen molar-refractivity contribution in [2.75, 3.05) is 59.0 Å². The third kappa shape index (κ3) is 6.87. The lowest BCUT2D eigenvalue weighted by Gasteiger charge is -2.33. The first kappa shape index (κ1) is 23.5. The van der Waals surface area contributed by atoms with E-state index in [1.807, 2.05) is 0 Å². The highest BCUT2D eigenvalue weighted by atomic mass is 35.5. The molecule has 150 valence electrons. The fourth-order valence-electron chi connectivity index (χ4n) is 3.64. The molecule has 0 radical (unpaired) electrons. The molecule has 7 heteroatoms. The number of para-hydroxylation sites is 1. The Bertz CT molecular complexity index is 512. The second kappa shape index (κ2) is 12.0. The van der Waals surface area contributed by atoms with E-state index in [9.17, 15) is 0 Å². The summed E-state index contributed by atoms with van der Waals surface area (Å²) < 4.78 is 6.12. The van der Waals surface area contributed by atoms with Crippen molar-refractivity contribution >= 4 is 24.8 Å². The van der Waals surface area contributed by atoms with Crippen LogP contribution in [0, 0.1) is 0 Å². The minimum atomic E-state index is 0. The minimum absolute atomic E-state index is 0. The molecular formula is C19H34Cl2N4O. The van der Waals surface area contributed by atoms with Crippen LogP contribution in [0.1, 0.15) is 18.9 Å². The van der Waals surface area contributed by atoms with Crippen LogP contribution >= 0.6 is 24.8 Å². The second-order valence-electron chi connectivity index (χ2n) is 7.02. The molecule has 0 amide bonds. The van der Waals surface area contributed by atoms with E-state index in [2.05, 4.69) is 45.9 Å². The fraction of sp³-hybridized carbons (Fsp3) is 0.684. The molecule has 2 aliphatic rings. The highest BCUT2D eigenvalue weighted by Crippen LogP contribution is 2.21. The average Bonchev–Trinajstić information content (AvgIpc) is 3.02. The summed E-state index contributed by atoms with van der Waals surface area (Å²) in [4.78, 5) is 7.44. The van der Waals surface area contributed by atoms with Crippen molar-refractivity contribution in [1.29, 1.82) is 0 Å². The van der Waals surface area contributed by atoms with Gasteiger partial charge in [-0.25, -0.2) is 0 Å². The maximum atomic E-state index is 6.12. The summed E-state index contributed by atoms with van der Waals surface area (Å²) in [5.74, 6) is 1.03. The smallest absolute Gasteiger partial charge is 0.123 e. The lowest BCUT2D eigenvalue weighted by molar-refractivity contribution is 0.120. The number of hydrogen-bond acceptors (Lipinski definition) is 5. The molecule has 5 nitrogen and oxygen atoms in total. The number of rotatable bonds is 7. The molecule has 26 heavy (non-hydrogen) atoms. The van der Waals surface area contributed by atoms with E-state index in [0.717, 1.165) is 64.6 Å². The van der Waals surface area contributed by atoms with Gasteiger partial charge < -0.3 is 15.4 Å². The molecule has 2 N–H and O–H groups in total. The summed E-state index contributed by atoms with van der Waals surface area (Å²) in [6.45, 7) is 12.9. The van der Waals surface area contributed by atoms with Crippen molar-refractivity contribution in [3.05, 3.63) is 29.8 Å². The maximum Gasteiger partial charge on any atom is 0.123 e. The van der Waals surface area contributed by atoms with E-state index in [1.165, 1.54) is 18.7 Å². The third-order valence-corrected chi connectivity index (χ3v) is 5.25. The third-order valence-electron chi connectivity index (χ3n) is 5.25. The van der Waals surface area contributed by atoms with Crippen molar-refractivity contribution in [2.45, 2.75) is 25.9 Å².